The van der Waals surface area contributed by atoms with E-state index in [-0.39, 0.29) is 0 Å². The van der Waals surface area contributed by atoms with E-state index in [2.05, 4.69) is 12.6 Å². The minimum absolute atomic E-state index is 0.495. The van der Waals surface area contributed by atoms with E-state index < -0.39 is 4.92 Å². The van der Waals surface area contributed by atoms with Gasteiger partial charge in [0, 0.05) is 0 Å². The maximum Gasteiger partial charge on any atom is 0.243 e. The Morgan fingerprint density at radius 1 is 2.00 bits per heavy atom. The highest BCUT2D eigenvalue weighted by atomic mass is 32.1. The number of nitro groups is 1. The molecule has 0 aliphatic rings. The largest absolute Gasteiger partial charge is 0.259 e. The van der Waals surface area contributed by atoms with Crippen LogP contribution in [0.4, 0.5) is 0 Å². The summed E-state index contributed by atoms with van der Waals surface area (Å²) in [5.74, 6) is 0. The van der Waals surface area contributed by atoms with Crippen LogP contribution in [0.2, 0.25) is 0 Å². The van der Waals surface area contributed by atoms with E-state index in [0.29, 0.717) is 11.3 Å². The smallest absolute Gasteiger partial charge is 0.243 e. The van der Waals surface area contributed by atoms with Crippen LogP contribution >= 0.6 is 12.6 Å². The van der Waals surface area contributed by atoms with Crippen LogP contribution in [0.15, 0.2) is 11.1 Å². The molecule has 0 radical (unpaired) electrons. The van der Waals surface area contributed by atoms with Gasteiger partial charge in [0.2, 0.25) is 6.20 Å². The molecule has 0 saturated carbocycles. The predicted octanol–water partition coefficient (Wildman–Crippen LogP) is 1.44. The Hall–Kier alpha value is -0.510. The fourth-order valence-electron chi connectivity index (χ4n) is 0.213. The van der Waals surface area contributed by atoms with Crippen molar-refractivity contribution in [1.29, 1.82) is 0 Å². The highest BCUT2D eigenvalue weighted by Crippen LogP contribution is 2.03. The Kier molecular flexibility index (Phi) is 3.26. The topological polar surface area (TPSA) is 43.1 Å². The van der Waals surface area contributed by atoms with Crippen molar-refractivity contribution in [3.8, 4) is 0 Å². The SMILES string of the molecule is CCC(S)=C[N+](=O)[O-]. The van der Waals surface area contributed by atoms with E-state index in [0.717, 1.165) is 6.20 Å². The fraction of sp³-hybridized carbons (Fsp3) is 0.500. The third-order valence-electron chi connectivity index (χ3n) is 0.617. The standard InChI is InChI=1S/C4H7NO2S/c1-2-4(8)3-5(6)7/h3,8H,2H2,1H3. The molecule has 0 aliphatic carbocycles. The molecule has 0 amide bonds. The molecule has 0 aromatic heterocycles. The molecule has 8 heavy (non-hydrogen) atoms. The molecule has 0 rings (SSSR count). The van der Waals surface area contributed by atoms with Crippen molar-refractivity contribution < 1.29 is 4.92 Å². The van der Waals surface area contributed by atoms with E-state index in [9.17, 15) is 10.1 Å². The van der Waals surface area contributed by atoms with Crippen LogP contribution in [-0.4, -0.2) is 4.92 Å². The summed E-state index contributed by atoms with van der Waals surface area (Å²) < 4.78 is 0. The Balaban J connectivity index is 3.75. The maximum absolute atomic E-state index is 9.65. The number of hydrogen-bond acceptors (Lipinski definition) is 3. The highest BCUT2D eigenvalue weighted by molar-refractivity contribution is 7.84. The molecule has 0 unspecified atom stereocenters. The van der Waals surface area contributed by atoms with Crippen molar-refractivity contribution in [1.82, 2.24) is 0 Å². The van der Waals surface area contributed by atoms with E-state index in [4.69, 9.17) is 0 Å². The Bertz CT molecular complexity index is 121. The Morgan fingerprint density at radius 3 is 2.62 bits per heavy atom. The van der Waals surface area contributed by atoms with Crippen LogP contribution in [0.1, 0.15) is 13.3 Å². The lowest BCUT2D eigenvalue weighted by molar-refractivity contribution is -0.403. The quantitative estimate of drug-likeness (QED) is 0.352. The first-order valence-corrected chi connectivity index (χ1v) is 2.64. The molecular formula is C4H7NO2S. The molecule has 0 aliphatic heterocycles. The molecule has 0 bridgehead atoms. The minimum atomic E-state index is -0.508. The van der Waals surface area contributed by atoms with Gasteiger partial charge in [0.1, 0.15) is 0 Å². The summed E-state index contributed by atoms with van der Waals surface area (Å²) in [4.78, 5) is 9.64. The number of nitrogens with zero attached hydrogens (tertiary/aromatic N) is 1. The van der Waals surface area contributed by atoms with E-state index >= 15 is 0 Å². The normalized spacial score (nSPS) is 11.5. The lowest BCUT2D eigenvalue weighted by Crippen LogP contribution is -1.83. The molecule has 0 spiro atoms. The van der Waals surface area contributed by atoms with Gasteiger partial charge in [0.05, 0.1) is 9.83 Å². The van der Waals surface area contributed by atoms with Gasteiger partial charge in [-0.25, -0.2) is 0 Å². The molecule has 3 nitrogen and oxygen atoms in total. The van der Waals surface area contributed by atoms with Gasteiger partial charge in [-0.15, -0.1) is 12.6 Å². The molecule has 0 fully saturated rings. The zero-order valence-corrected chi connectivity index (χ0v) is 5.39. The van der Waals surface area contributed by atoms with Crippen LogP contribution in [-0.2, 0) is 0 Å². The first-order chi connectivity index (χ1) is 3.66. The summed E-state index contributed by atoms with van der Waals surface area (Å²) in [7, 11) is 0. The second-order valence-corrected chi connectivity index (χ2v) is 1.83. The van der Waals surface area contributed by atoms with Crippen molar-refractivity contribution in [2.75, 3.05) is 0 Å². The van der Waals surface area contributed by atoms with Crippen molar-refractivity contribution in [2.24, 2.45) is 0 Å². The number of rotatable bonds is 2. The third-order valence-corrected chi connectivity index (χ3v) is 1.05. The number of hydrogen-bond donors (Lipinski definition) is 1. The van der Waals surface area contributed by atoms with E-state index in [1.165, 1.54) is 0 Å². The molecule has 0 aromatic rings. The number of thiol groups is 1. The van der Waals surface area contributed by atoms with E-state index in [1.54, 1.807) is 0 Å². The summed E-state index contributed by atoms with van der Waals surface area (Å²) >= 11 is 3.79. The Labute approximate surface area is 53.0 Å². The van der Waals surface area contributed by atoms with Crippen molar-refractivity contribution in [3.05, 3.63) is 21.2 Å². The van der Waals surface area contributed by atoms with Gasteiger partial charge in [-0.1, -0.05) is 6.92 Å². The molecule has 46 valence electrons. The highest BCUT2D eigenvalue weighted by Gasteiger charge is 1.90. The predicted molar refractivity (Wildman–Crippen MR) is 34.4 cm³/mol. The monoisotopic (exact) mass is 133 g/mol. The first-order valence-electron chi connectivity index (χ1n) is 2.20. The molecule has 0 saturated heterocycles. The number of allylic oxidation sites excluding steroid dienone is 1. The average molecular weight is 133 g/mol. The van der Waals surface area contributed by atoms with Crippen molar-refractivity contribution >= 4 is 12.6 Å². The maximum atomic E-state index is 9.65. The summed E-state index contributed by atoms with van der Waals surface area (Å²) in [6.07, 6.45) is 1.51. The van der Waals surface area contributed by atoms with Gasteiger partial charge >= 0.3 is 0 Å². The van der Waals surface area contributed by atoms with Crippen LogP contribution < -0.4 is 0 Å². The summed E-state index contributed by atoms with van der Waals surface area (Å²) in [6.45, 7) is 1.81. The van der Waals surface area contributed by atoms with Gasteiger partial charge < -0.3 is 0 Å². The summed E-state index contributed by atoms with van der Waals surface area (Å²) in [5, 5.41) is 9.65. The van der Waals surface area contributed by atoms with Gasteiger partial charge in [0.25, 0.3) is 0 Å². The van der Waals surface area contributed by atoms with Crippen LogP contribution in [0.3, 0.4) is 0 Å². The lowest BCUT2D eigenvalue weighted by atomic mass is 10.5. The van der Waals surface area contributed by atoms with Gasteiger partial charge in [-0.2, -0.15) is 0 Å². The third kappa shape index (κ3) is 3.67. The first kappa shape index (κ1) is 7.49. The molecular weight excluding hydrogens is 126 g/mol. The zero-order valence-electron chi connectivity index (χ0n) is 4.50. The van der Waals surface area contributed by atoms with Crippen molar-refractivity contribution in [2.45, 2.75) is 13.3 Å². The molecule has 4 heteroatoms. The summed E-state index contributed by atoms with van der Waals surface area (Å²) in [6, 6.07) is 0. The van der Waals surface area contributed by atoms with Crippen molar-refractivity contribution in [3.63, 3.8) is 0 Å². The molecule has 0 aromatic carbocycles. The molecule has 0 atom stereocenters. The van der Waals surface area contributed by atoms with Gasteiger partial charge in [-0.3, -0.25) is 10.1 Å². The van der Waals surface area contributed by atoms with Crippen LogP contribution in [0.25, 0.3) is 0 Å². The summed E-state index contributed by atoms with van der Waals surface area (Å²) in [5.41, 5.74) is 0. The minimum Gasteiger partial charge on any atom is -0.259 e. The second-order valence-electron chi connectivity index (χ2n) is 1.26. The average Bonchev–Trinajstić information content (AvgIpc) is 1.65. The van der Waals surface area contributed by atoms with E-state index in [1.807, 2.05) is 6.92 Å². The second kappa shape index (κ2) is 3.49. The van der Waals surface area contributed by atoms with Gasteiger partial charge in [-0.05, 0) is 6.42 Å². The lowest BCUT2D eigenvalue weighted by Gasteiger charge is -1.83. The zero-order chi connectivity index (χ0) is 6.57. The fourth-order valence-corrected chi connectivity index (χ4v) is 0.307. The van der Waals surface area contributed by atoms with Crippen LogP contribution in [0, 0.1) is 10.1 Å². The molecule has 0 N–H and O–H groups in total. The van der Waals surface area contributed by atoms with Gasteiger partial charge in [0.15, 0.2) is 0 Å². The molecule has 0 heterocycles. The Morgan fingerprint density at radius 2 is 2.50 bits per heavy atom. The van der Waals surface area contributed by atoms with Crippen LogP contribution in [0.5, 0.6) is 0 Å².